The lowest BCUT2D eigenvalue weighted by molar-refractivity contribution is 0.0686. The van der Waals surface area contributed by atoms with Gasteiger partial charge in [0.15, 0.2) is 0 Å². The Morgan fingerprint density at radius 2 is 1.68 bits per heavy atom. The third-order valence-electron chi connectivity index (χ3n) is 4.61. The number of hydrogen-bond acceptors (Lipinski definition) is 4. The zero-order chi connectivity index (χ0) is 20.6. The maximum Gasteiger partial charge on any atom is 0.352 e. The van der Waals surface area contributed by atoms with Crippen LogP contribution in [0.4, 0.5) is 0 Å². The number of carboxylic acids is 1. The van der Waals surface area contributed by atoms with Crippen LogP contribution in [0.5, 0.6) is 5.75 Å². The molecule has 0 aliphatic rings. The van der Waals surface area contributed by atoms with E-state index in [0.717, 1.165) is 27.9 Å². The average Bonchev–Trinajstić information content (AvgIpc) is 2.95. The summed E-state index contributed by atoms with van der Waals surface area (Å²) in [5, 5.41) is 14.5. The number of benzene rings is 2. The van der Waals surface area contributed by atoms with Gasteiger partial charge >= 0.3 is 5.97 Å². The van der Waals surface area contributed by atoms with Gasteiger partial charge in [-0.2, -0.15) is 0 Å². The van der Waals surface area contributed by atoms with E-state index in [9.17, 15) is 18.3 Å². The molecule has 0 bridgehead atoms. The van der Waals surface area contributed by atoms with Gasteiger partial charge in [0, 0.05) is 12.6 Å². The number of methoxy groups -OCH3 is 1. The van der Waals surface area contributed by atoms with Gasteiger partial charge in [-0.3, -0.25) is 0 Å². The smallest absolute Gasteiger partial charge is 0.352 e. The molecule has 0 unspecified atom stereocenters. The number of hydrogen-bond donors (Lipinski definition) is 2. The molecule has 0 atom stereocenters. The lowest BCUT2D eigenvalue weighted by Crippen LogP contribution is -2.11. The zero-order valence-electron chi connectivity index (χ0n) is 15.6. The number of nitrogens with zero attached hydrogens (tertiary/aromatic N) is 1. The van der Waals surface area contributed by atoms with Crippen molar-refractivity contribution < 1.29 is 23.1 Å². The highest BCUT2D eigenvalue weighted by Gasteiger charge is 2.18. The summed E-state index contributed by atoms with van der Waals surface area (Å²) in [5.74, 6) is -0.387. The highest BCUT2D eigenvalue weighted by molar-refractivity contribution is 7.89. The quantitative estimate of drug-likeness (QED) is 0.684. The van der Waals surface area contributed by atoms with Gasteiger partial charge in [0.1, 0.15) is 11.4 Å². The fourth-order valence-electron chi connectivity index (χ4n) is 3.29. The van der Waals surface area contributed by atoms with Gasteiger partial charge in [-0.25, -0.2) is 18.4 Å². The molecule has 0 spiro atoms. The monoisotopic (exact) mass is 400 g/mol. The highest BCUT2D eigenvalue weighted by atomic mass is 32.2. The van der Waals surface area contributed by atoms with Crippen molar-refractivity contribution in [1.29, 1.82) is 0 Å². The molecule has 0 aliphatic carbocycles. The number of carbonyl (C=O) groups is 1. The van der Waals surface area contributed by atoms with E-state index in [0.29, 0.717) is 5.75 Å². The number of carboxylic acid groups (broad SMARTS) is 1. The Morgan fingerprint density at radius 1 is 1.07 bits per heavy atom. The van der Waals surface area contributed by atoms with E-state index < -0.39 is 16.0 Å². The minimum atomic E-state index is -3.78. The lowest BCUT2D eigenvalue weighted by atomic mass is 9.99. The van der Waals surface area contributed by atoms with Crippen LogP contribution in [-0.2, 0) is 17.1 Å². The normalized spacial score (nSPS) is 11.4. The SMILES string of the molecule is COc1ccc(-c2c(C)cc(C(=O)O)n2C)cc1-c1ccc(S(N)(=O)=O)cc1. The van der Waals surface area contributed by atoms with Crippen molar-refractivity contribution >= 4 is 16.0 Å². The van der Waals surface area contributed by atoms with Gasteiger partial charge in [-0.05, 0) is 60.0 Å². The molecule has 146 valence electrons. The summed E-state index contributed by atoms with van der Waals surface area (Å²) in [7, 11) is -0.521. The van der Waals surface area contributed by atoms with Crippen molar-refractivity contribution in [2.24, 2.45) is 12.2 Å². The van der Waals surface area contributed by atoms with Crippen LogP contribution in [-0.4, -0.2) is 31.2 Å². The van der Waals surface area contributed by atoms with Crippen LogP contribution in [0.2, 0.25) is 0 Å². The first-order chi connectivity index (χ1) is 13.1. The molecule has 0 aliphatic heterocycles. The van der Waals surface area contributed by atoms with Crippen LogP contribution in [0.25, 0.3) is 22.4 Å². The van der Waals surface area contributed by atoms with E-state index in [1.165, 1.54) is 12.1 Å². The largest absolute Gasteiger partial charge is 0.496 e. The number of aryl methyl sites for hydroxylation is 1. The fraction of sp³-hybridized carbons (Fsp3) is 0.150. The molecule has 28 heavy (non-hydrogen) atoms. The van der Waals surface area contributed by atoms with E-state index in [2.05, 4.69) is 0 Å². The fourth-order valence-corrected chi connectivity index (χ4v) is 3.80. The Kier molecular flexibility index (Phi) is 5.01. The first kappa shape index (κ1) is 19.7. The third kappa shape index (κ3) is 3.51. The summed E-state index contributed by atoms with van der Waals surface area (Å²) in [6.07, 6.45) is 0. The van der Waals surface area contributed by atoms with Crippen LogP contribution < -0.4 is 9.88 Å². The van der Waals surface area contributed by atoms with Crippen molar-refractivity contribution in [2.75, 3.05) is 7.11 Å². The Hall–Kier alpha value is -3.10. The molecular formula is C20H20N2O5S. The van der Waals surface area contributed by atoms with Crippen molar-refractivity contribution in [3.05, 3.63) is 59.8 Å². The van der Waals surface area contributed by atoms with Crippen molar-refractivity contribution in [2.45, 2.75) is 11.8 Å². The second-order valence-corrected chi connectivity index (χ2v) is 7.97. The van der Waals surface area contributed by atoms with Gasteiger partial charge in [0.2, 0.25) is 10.0 Å². The molecule has 1 heterocycles. The number of nitrogens with two attached hydrogens (primary N) is 1. The minimum absolute atomic E-state index is 0.0238. The maximum atomic E-state index is 11.5. The first-order valence-corrected chi connectivity index (χ1v) is 9.89. The highest BCUT2D eigenvalue weighted by Crippen LogP contribution is 2.36. The van der Waals surface area contributed by atoms with E-state index in [1.54, 1.807) is 43.0 Å². The molecular weight excluding hydrogens is 380 g/mol. The molecule has 1 aromatic heterocycles. The molecule has 8 heteroatoms. The molecule has 0 radical (unpaired) electrons. The summed E-state index contributed by atoms with van der Waals surface area (Å²) in [6.45, 7) is 1.85. The van der Waals surface area contributed by atoms with Crippen LogP contribution in [0, 0.1) is 6.92 Å². The predicted octanol–water partition coefficient (Wildman–Crippen LogP) is 3.02. The van der Waals surface area contributed by atoms with Gasteiger partial charge < -0.3 is 14.4 Å². The van der Waals surface area contributed by atoms with Gasteiger partial charge in [-0.1, -0.05) is 12.1 Å². The van der Waals surface area contributed by atoms with Crippen LogP contribution >= 0.6 is 0 Å². The Balaban J connectivity index is 2.16. The molecule has 0 saturated heterocycles. The number of primary sulfonamides is 1. The lowest BCUT2D eigenvalue weighted by Gasteiger charge is -2.13. The summed E-state index contributed by atoms with van der Waals surface area (Å²) in [5.41, 5.74) is 4.12. The third-order valence-corrected chi connectivity index (χ3v) is 5.54. The number of aromatic nitrogens is 1. The van der Waals surface area contributed by atoms with Gasteiger partial charge in [0.25, 0.3) is 0 Å². The number of aromatic carboxylic acids is 1. The zero-order valence-corrected chi connectivity index (χ0v) is 16.4. The average molecular weight is 400 g/mol. The van der Waals surface area contributed by atoms with E-state index >= 15 is 0 Å². The van der Waals surface area contributed by atoms with Gasteiger partial charge in [-0.15, -0.1) is 0 Å². The Morgan fingerprint density at radius 3 is 2.18 bits per heavy atom. The van der Waals surface area contributed by atoms with E-state index in [1.807, 2.05) is 19.1 Å². The summed E-state index contributed by atoms with van der Waals surface area (Å²) in [6, 6.07) is 13.4. The number of ether oxygens (including phenoxy) is 1. The molecule has 3 N–H and O–H groups in total. The van der Waals surface area contributed by atoms with Crippen molar-refractivity contribution in [1.82, 2.24) is 4.57 Å². The topological polar surface area (TPSA) is 112 Å². The Bertz CT molecular complexity index is 1160. The van der Waals surface area contributed by atoms with E-state index in [4.69, 9.17) is 9.88 Å². The van der Waals surface area contributed by atoms with Crippen molar-refractivity contribution in [3.63, 3.8) is 0 Å². The molecule has 3 rings (SSSR count). The second kappa shape index (κ2) is 7.14. The first-order valence-electron chi connectivity index (χ1n) is 8.34. The molecule has 2 aromatic carbocycles. The maximum absolute atomic E-state index is 11.5. The van der Waals surface area contributed by atoms with E-state index in [-0.39, 0.29) is 10.6 Å². The van der Waals surface area contributed by atoms with Gasteiger partial charge in [0.05, 0.1) is 17.7 Å². The molecule has 0 fully saturated rings. The number of sulfonamides is 1. The number of rotatable bonds is 5. The summed E-state index contributed by atoms with van der Waals surface area (Å²) < 4.78 is 30.0. The predicted molar refractivity (Wildman–Crippen MR) is 106 cm³/mol. The van der Waals surface area contributed by atoms with Crippen molar-refractivity contribution in [3.8, 4) is 28.1 Å². The van der Waals surface area contributed by atoms with Crippen LogP contribution in [0.15, 0.2) is 53.4 Å². The molecule has 0 amide bonds. The van der Waals surface area contributed by atoms with Crippen LogP contribution in [0.1, 0.15) is 16.1 Å². The molecule has 0 saturated carbocycles. The molecule has 3 aromatic rings. The standard InChI is InChI=1S/C20H20N2O5S/c1-12-10-17(20(23)24)22(2)19(12)14-6-9-18(27-3)16(11-14)13-4-7-15(8-5-13)28(21,25)26/h4-11H,1-3H3,(H,23,24)(H2,21,25,26). The summed E-state index contributed by atoms with van der Waals surface area (Å²) in [4.78, 5) is 11.4. The molecule has 7 nitrogen and oxygen atoms in total. The summed E-state index contributed by atoms with van der Waals surface area (Å²) >= 11 is 0. The Labute approximate surface area is 163 Å². The second-order valence-electron chi connectivity index (χ2n) is 6.41. The minimum Gasteiger partial charge on any atom is -0.496 e. The van der Waals surface area contributed by atoms with Crippen LogP contribution in [0.3, 0.4) is 0 Å².